The van der Waals surface area contributed by atoms with Crippen LogP contribution in [0.15, 0.2) is 27.3 Å². The Hall–Kier alpha value is -1.30. The first-order chi connectivity index (χ1) is 11.6. The molecule has 1 amide bonds. The first kappa shape index (κ1) is 18.5. The molecule has 1 spiro atoms. The highest BCUT2D eigenvalue weighted by Crippen LogP contribution is 2.56. The summed E-state index contributed by atoms with van der Waals surface area (Å²) >= 11 is 1.69. The van der Waals surface area contributed by atoms with Crippen molar-refractivity contribution < 1.29 is 9.21 Å². The third-order valence-corrected chi connectivity index (χ3v) is 6.32. The first-order valence-corrected chi connectivity index (χ1v) is 9.63. The minimum absolute atomic E-state index is 0. The number of nitrogens with zero attached hydrogens (tertiary/aromatic N) is 1. The molecule has 2 aromatic rings. The van der Waals surface area contributed by atoms with Crippen LogP contribution in [0, 0.1) is 19.3 Å². The third-order valence-electron chi connectivity index (χ3n) is 5.59. The predicted molar refractivity (Wildman–Crippen MR) is 103 cm³/mol. The van der Waals surface area contributed by atoms with Crippen molar-refractivity contribution >= 4 is 29.7 Å². The molecule has 0 aromatic carbocycles. The lowest BCUT2D eigenvalue weighted by Gasteiger charge is -2.29. The lowest BCUT2D eigenvalue weighted by molar-refractivity contribution is 0.0690. The van der Waals surface area contributed by atoms with E-state index in [1.807, 2.05) is 19.9 Å². The van der Waals surface area contributed by atoms with E-state index in [9.17, 15) is 4.79 Å². The van der Waals surface area contributed by atoms with E-state index in [1.54, 1.807) is 11.3 Å². The molecule has 25 heavy (non-hydrogen) atoms. The summed E-state index contributed by atoms with van der Waals surface area (Å²) < 4.78 is 5.60. The van der Waals surface area contributed by atoms with E-state index in [0.717, 1.165) is 36.6 Å². The number of nitrogens with one attached hydrogen (secondary N) is 1. The minimum atomic E-state index is 0. The molecule has 1 aliphatic carbocycles. The number of piperidine rings is 1. The quantitative estimate of drug-likeness (QED) is 0.866. The molecule has 1 atom stereocenters. The molecule has 3 heterocycles. The van der Waals surface area contributed by atoms with Gasteiger partial charge in [0.15, 0.2) is 0 Å². The van der Waals surface area contributed by atoms with Crippen LogP contribution >= 0.6 is 23.7 Å². The Morgan fingerprint density at radius 3 is 2.76 bits per heavy atom. The molecular formula is C19H25ClN2O2S. The van der Waals surface area contributed by atoms with Crippen molar-refractivity contribution in [3.8, 4) is 0 Å². The molecular weight excluding hydrogens is 356 g/mol. The van der Waals surface area contributed by atoms with Gasteiger partial charge in [0, 0.05) is 12.6 Å². The Morgan fingerprint density at radius 2 is 2.16 bits per heavy atom. The van der Waals surface area contributed by atoms with Crippen LogP contribution < -0.4 is 5.32 Å². The Labute approximate surface area is 159 Å². The normalized spacial score (nSPS) is 21.0. The number of aryl methyl sites for hydroxylation is 2. The van der Waals surface area contributed by atoms with Crippen molar-refractivity contribution in [1.29, 1.82) is 0 Å². The smallest absolute Gasteiger partial charge is 0.257 e. The summed E-state index contributed by atoms with van der Waals surface area (Å²) in [6.07, 6.45) is 3.49. The predicted octanol–water partition coefficient (Wildman–Crippen LogP) is 4.16. The van der Waals surface area contributed by atoms with Gasteiger partial charge >= 0.3 is 0 Å². The summed E-state index contributed by atoms with van der Waals surface area (Å²) in [6, 6.07) is 4.37. The van der Waals surface area contributed by atoms with Crippen molar-refractivity contribution in [1.82, 2.24) is 10.2 Å². The van der Waals surface area contributed by atoms with Crippen LogP contribution in [-0.4, -0.2) is 29.9 Å². The van der Waals surface area contributed by atoms with Gasteiger partial charge in [-0.15, -0.1) is 12.4 Å². The molecule has 1 aliphatic heterocycles. The van der Waals surface area contributed by atoms with Crippen molar-refractivity contribution in [2.75, 3.05) is 13.1 Å². The van der Waals surface area contributed by atoms with E-state index in [-0.39, 0.29) is 18.3 Å². The molecule has 1 saturated heterocycles. The number of hydrogen-bond donors (Lipinski definition) is 1. The zero-order valence-electron chi connectivity index (χ0n) is 14.7. The summed E-state index contributed by atoms with van der Waals surface area (Å²) in [4.78, 5) is 15.4. The molecule has 0 radical (unpaired) electrons. The number of hydrogen-bond acceptors (Lipinski definition) is 4. The maximum Gasteiger partial charge on any atom is 0.257 e. The molecule has 1 N–H and O–H groups in total. The van der Waals surface area contributed by atoms with Crippen LogP contribution in [0.1, 0.15) is 46.7 Å². The maximum absolute atomic E-state index is 13.3. The molecule has 4 rings (SSSR count). The number of rotatable bonds is 4. The highest BCUT2D eigenvalue weighted by Gasteiger charge is 2.57. The highest BCUT2D eigenvalue weighted by atomic mass is 35.5. The van der Waals surface area contributed by atoms with Crippen LogP contribution in [0.25, 0.3) is 0 Å². The largest absolute Gasteiger partial charge is 0.466 e. The van der Waals surface area contributed by atoms with Crippen LogP contribution in [-0.2, 0) is 6.54 Å². The van der Waals surface area contributed by atoms with Gasteiger partial charge in [0.05, 0.1) is 5.56 Å². The van der Waals surface area contributed by atoms with Gasteiger partial charge in [-0.3, -0.25) is 4.79 Å². The van der Waals surface area contributed by atoms with Crippen molar-refractivity contribution in [2.24, 2.45) is 5.41 Å². The summed E-state index contributed by atoms with van der Waals surface area (Å²) in [7, 11) is 0. The summed E-state index contributed by atoms with van der Waals surface area (Å²) in [5, 5.41) is 7.67. The van der Waals surface area contributed by atoms with Gasteiger partial charge in [-0.2, -0.15) is 11.3 Å². The van der Waals surface area contributed by atoms with Crippen LogP contribution in [0.4, 0.5) is 0 Å². The summed E-state index contributed by atoms with van der Waals surface area (Å²) in [5.74, 6) is 1.66. The number of amides is 1. The second-order valence-corrected chi connectivity index (χ2v) is 8.00. The average molecular weight is 381 g/mol. The number of thiophene rings is 1. The Bertz CT molecular complexity index is 735. The van der Waals surface area contributed by atoms with Crippen molar-refractivity contribution in [3.05, 3.63) is 45.5 Å². The van der Waals surface area contributed by atoms with Crippen molar-refractivity contribution in [3.63, 3.8) is 0 Å². The van der Waals surface area contributed by atoms with Crippen LogP contribution in [0.2, 0.25) is 0 Å². The van der Waals surface area contributed by atoms with Gasteiger partial charge in [0.2, 0.25) is 0 Å². The monoisotopic (exact) mass is 380 g/mol. The zero-order valence-corrected chi connectivity index (χ0v) is 16.3. The molecule has 1 unspecified atom stereocenters. The minimum Gasteiger partial charge on any atom is -0.466 e. The topological polar surface area (TPSA) is 45.5 Å². The van der Waals surface area contributed by atoms with Gasteiger partial charge < -0.3 is 14.6 Å². The van der Waals surface area contributed by atoms with E-state index in [1.165, 1.54) is 18.4 Å². The average Bonchev–Trinajstić information content (AvgIpc) is 2.92. The van der Waals surface area contributed by atoms with Crippen LogP contribution in [0.5, 0.6) is 0 Å². The van der Waals surface area contributed by atoms with E-state index >= 15 is 0 Å². The molecule has 2 fully saturated rings. The molecule has 0 bridgehead atoms. The van der Waals surface area contributed by atoms with Crippen molar-refractivity contribution in [2.45, 2.75) is 45.7 Å². The van der Waals surface area contributed by atoms with Gasteiger partial charge in [0.1, 0.15) is 11.5 Å². The molecule has 6 heteroatoms. The molecule has 2 aromatic heterocycles. The lowest BCUT2D eigenvalue weighted by Crippen LogP contribution is -2.39. The fourth-order valence-corrected chi connectivity index (χ4v) is 4.79. The Kier molecular flexibility index (Phi) is 5.28. The van der Waals surface area contributed by atoms with Gasteiger partial charge in [0.25, 0.3) is 5.91 Å². The fraction of sp³-hybridized carbons (Fsp3) is 0.526. The maximum atomic E-state index is 13.3. The number of furan rings is 1. The molecule has 2 aliphatic rings. The second-order valence-electron chi connectivity index (χ2n) is 7.22. The molecule has 1 saturated carbocycles. The molecule has 4 nitrogen and oxygen atoms in total. The summed E-state index contributed by atoms with van der Waals surface area (Å²) in [5.41, 5.74) is 2.28. The Balaban J connectivity index is 0.00000182. The van der Waals surface area contributed by atoms with Gasteiger partial charge in [-0.05, 0) is 80.1 Å². The lowest BCUT2D eigenvalue weighted by atomic mass is 9.93. The Morgan fingerprint density at radius 1 is 1.40 bits per heavy atom. The number of carbonyl (C=O) groups is 1. The van der Waals surface area contributed by atoms with Crippen LogP contribution in [0.3, 0.4) is 0 Å². The fourth-order valence-electron chi connectivity index (χ4n) is 4.13. The first-order valence-electron chi connectivity index (χ1n) is 8.69. The van der Waals surface area contributed by atoms with E-state index in [4.69, 9.17) is 4.42 Å². The molecule has 136 valence electrons. The second kappa shape index (κ2) is 7.14. The number of halogens is 1. The van der Waals surface area contributed by atoms with Gasteiger partial charge in [-0.25, -0.2) is 0 Å². The van der Waals surface area contributed by atoms with Gasteiger partial charge in [-0.1, -0.05) is 0 Å². The standard InChI is InChI=1S/C19H24N2O2S.ClH/c1-13-9-16(14(2)23-13)18(22)21(11-15-3-8-24-12-15)17-10-19(17)4-6-20-7-5-19;/h3,8-9,12,17,20H,4-7,10-11H2,1-2H3;1H. The highest BCUT2D eigenvalue weighted by molar-refractivity contribution is 7.07. The van der Waals surface area contributed by atoms with E-state index < -0.39 is 0 Å². The zero-order chi connectivity index (χ0) is 16.7. The summed E-state index contributed by atoms with van der Waals surface area (Å²) in [6.45, 7) is 6.63. The third kappa shape index (κ3) is 3.50. The SMILES string of the molecule is Cc1cc(C(=O)N(Cc2ccsc2)C2CC23CCNCC3)c(C)o1.Cl. The van der Waals surface area contributed by atoms with E-state index in [0.29, 0.717) is 18.0 Å². The van der Waals surface area contributed by atoms with E-state index in [2.05, 4.69) is 27.0 Å². The number of carbonyl (C=O) groups excluding carboxylic acids is 1.